The van der Waals surface area contributed by atoms with Crippen molar-refractivity contribution in [2.45, 2.75) is 50.1 Å². The fourth-order valence-corrected chi connectivity index (χ4v) is 5.68. The second-order valence-electron chi connectivity index (χ2n) is 8.04. The zero-order valence-corrected chi connectivity index (χ0v) is 18.7. The molecule has 3 aromatic rings. The van der Waals surface area contributed by atoms with Gasteiger partial charge in [0.2, 0.25) is 15.9 Å². The molecule has 2 aromatic carbocycles. The van der Waals surface area contributed by atoms with E-state index in [1.54, 1.807) is 34.6 Å². The molecule has 32 heavy (non-hydrogen) atoms. The molecule has 1 saturated heterocycles. The minimum atomic E-state index is -3.55. The Hall–Kier alpha value is -3.04. The lowest BCUT2D eigenvalue weighted by molar-refractivity contribution is -0.116. The standard InChI is InChI=1S/C23H26N4O4S/c1-17-6-4-5-14-27(17)32(30,31)19-11-9-18(10-12-19)25-22(28)13-15-26-16-24-21-8-3-2-7-20(21)23(26)29/h2-3,7-12,16-17H,4-6,13-15H2,1H3,(H,25,28)/t17-/m1/s1. The van der Waals surface area contributed by atoms with Gasteiger partial charge in [0, 0.05) is 31.2 Å². The van der Waals surface area contributed by atoms with Crippen molar-refractivity contribution < 1.29 is 13.2 Å². The van der Waals surface area contributed by atoms with Crippen molar-refractivity contribution in [1.82, 2.24) is 13.9 Å². The number of nitrogens with zero attached hydrogens (tertiary/aromatic N) is 3. The second kappa shape index (κ2) is 9.22. The fourth-order valence-electron chi connectivity index (χ4n) is 3.99. The number of nitrogens with one attached hydrogen (secondary N) is 1. The minimum absolute atomic E-state index is 0.0128. The molecule has 8 nitrogen and oxygen atoms in total. The lowest BCUT2D eigenvalue weighted by Gasteiger charge is -2.32. The van der Waals surface area contributed by atoms with Gasteiger partial charge in [-0.15, -0.1) is 0 Å². The van der Waals surface area contributed by atoms with E-state index in [9.17, 15) is 18.0 Å². The summed E-state index contributed by atoms with van der Waals surface area (Å²) in [7, 11) is -3.55. The highest BCUT2D eigenvalue weighted by Gasteiger charge is 2.30. The van der Waals surface area contributed by atoms with Crippen molar-refractivity contribution in [1.29, 1.82) is 0 Å². The van der Waals surface area contributed by atoms with Gasteiger partial charge in [0.25, 0.3) is 5.56 Å². The second-order valence-corrected chi connectivity index (χ2v) is 9.93. The molecule has 168 valence electrons. The Morgan fingerprint density at radius 3 is 2.62 bits per heavy atom. The Morgan fingerprint density at radius 1 is 1.12 bits per heavy atom. The van der Waals surface area contributed by atoms with Crippen LogP contribution < -0.4 is 10.9 Å². The number of amides is 1. The maximum absolute atomic E-state index is 12.9. The molecule has 1 atom stereocenters. The van der Waals surface area contributed by atoms with Crippen LogP contribution in [0.25, 0.3) is 10.9 Å². The Kier molecular flexibility index (Phi) is 6.38. The highest BCUT2D eigenvalue weighted by atomic mass is 32.2. The Balaban J connectivity index is 1.39. The average molecular weight is 455 g/mol. The molecule has 0 saturated carbocycles. The number of hydrogen-bond acceptors (Lipinski definition) is 5. The molecule has 1 N–H and O–H groups in total. The van der Waals surface area contributed by atoms with Gasteiger partial charge in [-0.1, -0.05) is 18.6 Å². The minimum Gasteiger partial charge on any atom is -0.326 e. The molecule has 0 bridgehead atoms. The third kappa shape index (κ3) is 4.58. The maximum Gasteiger partial charge on any atom is 0.261 e. The molecule has 1 aliphatic heterocycles. The summed E-state index contributed by atoms with van der Waals surface area (Å²) in [4.78, 5) is 29.3. The van der Waals surface area contributed by atoms with Crippen molar-refractivity contribution in [2.75, 3.05) is 11.9 Å². The summed E-state index contributed by atoms with van der Waals surface area (Å²) in [5, 5.41) is 3.26. The number of aromatic nitrogens is 2. The number of carbonyl (C=O) groups is 1. The number of anilines is 1. The molecular formula is C23H26N4O4S. The first-order chi connectivity index (χ1) is 15.4. The zero-order chi connectivity index (χ0) is 22.7. The van der Waals surface area contributed by atoms with Crippen LogP contribution in [0.2, 0.25) is 0 Å². The lowest BCUT2D eigenvalue weighted by Crippen LogP contribution is -2.41. The number of benzene rings is 2. The van der Waals surface area contributed by atoms with Crippen LogP contribution in [0.3, 0.4) is 0 Å². The Labute approximate surface area is 186 Å². The van der Waals surface area contributed by atoms with Gasteiger partial charge < -0.3 is 5.32 Å². The Bertz CT molecular complexity index is 1290. The molecule has 0 spiro atoms. The molecule has 0 aliphatic carbocycles. The summed E-state index contributed by atoms with van der Waals surface area (Å²) < 4.78 is 28.8. The van der Waals surface area contributed by atoms with E-state index in [1.165, 1.54) is 23.0 Å². The number of piperidine rings is 1. The summed E-state index contributed by atoms with van der Waals surface area (Å²) in [5.74, 6) is -0.273. The van der Waals surface area contributed by atoms with E-state index in [0.717, 1.165) is 19.3 Å². The topological polar surface area (TPSA) is 101 Å². The molecular weight excluding hydrogens is 428 g/mol. The van der Waals surface area contributed by atoms with Crippen LogP contribution in [0, 0.1) is 0 Å². The van der Waals surface area contributed by atoms with E-state index < -0.39 is 10.0 Å². The molecule has 0 radical (unpaired) electrons. The quantitative estimate of drug-likeness (QED) is 0.617. The number of carbonyl (C=O) groups excluding carboxylic acids is 1. The number of para-hydroxylation sites is 1. The van der Waals surface area contributed by atoms with Crippen LogP contribution >= 0.6 is 0 Å². The maximum atomic E-state index is 12.9. The first kappa shape index (κ1) is 22.2. The highest BCUT2D eigenvalue weighted by molar-refractivity contribution is 7.89. The van der Waals surface area contributed by atoms with Gasteiger partial charge in [0.05, 0.1) is 22.1 Å². The van der Waals surface area contributed by atoms with Gasteiger partial charge in [-0.2, -0.15) is 4.31 Å². The predicted molar refractivity (Wildman–Crippen MR) is 123 cm³/mol. The summed E-state index contributed by atoms with van der Waals surface area (Å²) in [5.41, 5.74) is 0.932. The van der Waals surface area contributed by atoms with Crippen LogP contribution in [0.5, 0.6) is 0 Å². The fraction of sp³-hybridized carbons (Fsp3) is 0.348. The van der Waals surface area contributed by atoms with Crippen molar-refractivity contribution in [3.63, 3.8) is 0 Å². The SMILES string of the molecule is C[C@@H]1CCCCN1S(=O)(=O)c1ccc(NC(=O)CCn2cnc3ccccc3c2=O)cc1. The summed E-state index contributed by atoms with van der Waals surface area (Å²) >= 11 is 0. The normalized spacial score (nSPS) is 17.3. The first-order valence-electron chi connectivity index (χ1n) is 10.7. The zero-order valence-electron chi connectivity index (χ0n) is 17.9. The van der Waals surface area contributed by atoms with Crippen LogP contribution in [-0.2, 0) is 21.4 Å². The van der Waals surface area contributed by atoms with Crippen LogP contribution in [0.1, 0.15) is 32.6 Å². The summed E-state index contributed by atoms with van der Waals surface area (Å²) in [6.07, 6.45) is 4.31. The molecule has 1 aliphatic rings. The number of rotatable bonds is 6. The van der Waals surface area contributed by atoms with Gasteiger partial charge in [-0.3, -0.25) is 14.2 Å². The molecule has 1 fully saturated rings. The average Bonchev–Trinajstić information content (AvgIpc) is 2.79. The van der Waals surface area contributed by atoms with Crippen molar-refractivity contribution in [3.8, 4) is 0 Å². The van der Waals surface area contributed by atoms with Gasteiger partial charge in [-0.05, 0) is 56.2 Å². The van der Waals surface area contributed by atoms with E-state index in [4.69, 9.17) is 0 Å². The first-order valence-corrected chi connectivity index (χ1v) is 12.2. The van der Waals surface area contributed by atoms with Crippen molar-refractivity contribution in [2.24, 2.45) is 0 Å². The molecule has 1 aromatic heterocycles. The number of hydrogen-bond donors (Lipinski definition) is 1. The van der Waals surface area contributed by atoms with Crippen LogP contribution in [0.4, 0.5) is 5.69 Å². The number of sulfonamides is 1. The monoisotopic (exact) mass is 454 g/mol. The molecule has 0 unspecified atom stereocenters. The van der Waals surface area contributed by atoms with E-state index in [0.29, 0.717) is 23.1 Å². The lowest BCUT2D eigenvalue weighted by atomic mass is 10.1. The molecule has 4 rings (SSSR count). The summed E-state index contributed by atoms with van der Waals surface area (Å²) in [6.45, 7) is 2.66. The largest absolute Gasteiger partial charge is 0.326 e. The number of fused-ring (bicyclic) bond motifs is 1. The van der Waals surface area contributed by atoms with Gasteiger partial charge >= 0.3 is 0 Å². The third-order valence-electron chi connectivity index (χ3n) is 5.80. The van der Waals surface area contributed by atoms with Crippen LogP contribution in [0.15, 0.2) is 64.5 Å². The third-order valence-corrected chi connectivity index (χ3v) is 7.83. The van der Waals surface area contributed by atoms with E-state index in [1.807, 2.05) is 13.0 Å². The van der Waals surface area contributed by atoms with Gasteiger partial charge in [-0.25, -0.2) is 13.4 Å². The van der Waals surface area contributed by atoms with Gasteiger partial charge in [0.1, 0.15) is 0 Å². The van der Waals surface area contributed by atoms with E-state index >= 15 is 0 Å². The van der Waals surface area contributed by atoms with Gasteiger partial charge in [0.15, 0.2) is 0 Å². The van der Waals surface area contributed by atoms with E-state index in [-0.39, 0.29) is 35.4 Å². The van der Waals surface area contributed by atoms with Crippen LogP contribution in [-0.4, -0.2) is 40.8 Å². The smallest absolute Gasteiger partial charge is 0.261 e. The summed E-state index contributed by atoms with van der Waals surface area (Å²) in [6, 6.07) is 13.3. The number of aryl methyl sites for hydroxylation is 1. The highest BCUT2D eigenvalue weighted by Crippen LogP contribution is 2.25. The predicted octanol–water partition coefficient (Wildman–Crippen LogP) is 2.99. The molecule has 9 heteroatoms. The van der Waals surface area contributed by atoms with E-state index in [2.05, 4.69) is 10.3 Å². The van der Waals surface area contributed by atoms with Crippen molar-refractivity contribution >= 4 is 32.5 Å². The Morgan fingerprint density at radius 2 is 1.88 bits per heavy atom. The van der Waals surface area contributed by atoms with Crippen molar-refractivity contribution in [3.05, 3.63) is 65.2 Å². The molecule has 1 amide bonds. The molecule has 2 heterocycles.